The van der Waals surface area contributed by atoms with Gasteiger partial charge >= 0.3 is 0 Å². The van der Waals surface area contributed by atoms with Gasteiger partial charge in [-0.3, -0.25) is 9.59 Å². The third-order valence-electron chi connectivity index (χ3n) is 4.79. The van der Waals surface area contributed by atoms with Crippen LogP contribution < -0.4 is 10.1 Å². The first-order chi connectivity index (χ1) is 13.1. The van der Waals surface area contributed by atoms with Crippen molar-refractivity contribution in [1.82, 2.24) is 10.2 Å². The van der Waals surface area contributed by atoms with Crippen molar-refractivity contribution in [2.75, 3.05) is 13.2 Å². The van der Waals surface area contributed by atoms with Crippen LogP contribution >= 0.6 is 11.3 Å². The smallest absolute Gasteiger partial charge is 0.264 e. The highest BCUT2D eigenvalue weighted by molar-refractivity contribution is 7.12. The summed E-state index contributed by atoms with van der Waals surface area (Å²) >= 11 is 1.42. The van der Waals surface area contributed by atoms with Crippen LogP contribution in [-0.2, 0) is 11.3 Å². The minimum Gasteiger partial charge on any atom is -0.494 e. The highest BCUT2D eigenvalue weighted by atomic mass is 32.1. The summed E-state index contributed by atoms with van der Waals surface area (Å²) < 4.78 is 5.64. The van der Waals surface area contributed by atoms with E-state index in [1.165, 1.54) is 11.3 Å². The van der Waals surface area contributed by atoms with E-state index in [9.17, 15) is 9.59 Å². The Morgan fingerprint density at radius 1 is 1.33 bits per heavy atom. The number of likely N-dealkylation sites (tertiary alicyclic amines) is 1. The van der Waals surface area contributed by atoms with Crippen molar-refractivity contribution in [2.24, 2.45) is 0 Å². The molecule has 27 heavy (non-hydrogen) atoms. The highest BCUT2D eigenvalue weighted by Gasteiger charge is 2.34. The van der Waals surface area contributed by atoms with Gasteiger partial charge < -0.3 is 15.0 Å². The summed E-state index contributed by atoms with van der Waals surface area (Å²) in [4.78, 5) is 27.7. The molecule has 3 rings (SSSR count). The third-order valence-corrected chi connectivity index (χ3v) is 5.65. The number of hydrogen-bond donors (Lipinski definition) is 1. The Balaban J connectivity index is 1.59. The van der Waals surface area contributed by atoms with Gasteiger partial charge in [-0.1, -0.05) is 19.1 Å². The molecule has 1 aromatic carbocycles. The van der Waals surface area contributed by atoms with Crippen molar-refractivity contribution >= 4 is 23.2 Å². The molecule has 0 saturated carbocycles. The van der Waals surface area contributed by atoms with Crippen molar-refractivity contribution in [2.45, 2.75) is 45.7 Å². The average molecular weight is 387 g/mol. The summed E-state index contributed by atoms with van der Waals surface area (Å²) in [5.41, 5.74) is 2.14. The second-order valence-electron chi connectivity index (χ2n) is 6.79. The second kappa shape index (κ2) is 9.04. The zero-order valence-electron chi connectivity index (χ0n) is 15.9. The zero-order chi connectivity index (χ0) is 19.2. The minimum atomic E-state index is -0.382. The summed E-state index contributed by atoms with van der Waals surface area (Å²) in [7, 11) is 0. The topological polar surface area (TPSA) is 58.6 Å². The fourth-order valence-corrected chi connectivity index (χ4v) is 3.98. The van der Waals surface area contributed by atoms with E-state index >= 15 is 0 Å². The number of carbonyl (C=O) groups excluding carboxylic acids is 2. The lowest BCUT2D eigenvalue weighted by Gasteiger charge is -2.23. The molecular formula is C21H26N2O3S. The molecule has 6 heteroatoms. The molecule has 144 valence electrons. The number of carbonyl (C=O) groups is 2. The zero-order valence-corrected chi connectivity index (χ0v) is 16.7. The monoisotopic (exact) mass is 386 g/mol. The van der Waals surface area contributed by atoms with Crippen LogP contribution in [0.25, 0.3) is 0 Å². The lowest BCUT2D eigenvalue weighted by molar-refractivity contribution is -0.125. The van der Waals surface area contributed by atoms with Gasteiger partial charge in [-0.05, 0) is 60.9 Å². The maximum absolute atomic E-state index is 12.7. The molecule has 1 aromatic heterocycles. The van der Waals surface area contributed by atoms with Gasteiger partial charge in [0.25, 0.3) is 5.91 Å². The van der Waals surface area contributed by atoms with Gasteiger partial charge in [0.2, 0.25) is 5.91 Å². The fourth-order valence-electron chi connectivity index (χ4n) is 3.30. The Morgan fingerprint density at radius 2 is 2.19 bits per heavy atom. The van der Waals surface area contributed by atoms with Gasteiger partial charge in [-0.2, -0.15) is 0 Å². The molecule has 2 aromatic rings. The summed E-state index contributed by atoms with van der Waals surface area (Å²) in [6.07, 6.45) is 2.54. The normalized spacial score (nSPS) is 16.4. The standard InChI is InChI=1S/C21H26N2O3S/c1-3-11-26-17-9-8-16(15(2)13-17)14-22-20(24)18-6-4-10-23(18)21(25)19-7-5-12-27-19/h5,7-9,12-13,18H,3-4,6,10-11,14H2,1-2H3,(H,22,24)/t18-/m0/s1. The van der Waals surface area contributed by atoms with Crippen molar-refractivity contribution in [3.8, 4) is 5.75 Å². The number of aryl methyl sites for hydroxylation is 1. The van der Waals surface area contributed by atoms with Gasteiger partial charge in [0.15, 0.2) is 0 Å². The summed E-state index contributed by atoms with van der Waals surface area (Å²) in [5.74, 6) is 0.729. The number of ether oxygens (including phenoxy) is 1. The predicted octanol–water partition coefficient (Wildman–Crippen LogP) is 3.77. The van der Waals surface area contributed by atoms with E-state index in [4.69, 9.17) is 4.74 Å². The van der Waals surface area contributed by atoms with Crippen molar-refractivity contribution in [1.29, 1.82) is 0 Å². The van der Waals surface area contributed by atoms with E-state index in [1.54, 1.807) is 4.90 Å². The molecule has 2 heterocycles. The number of hydrogen-bond acceptors (Lipinski definition) is 4. The summed E-state index contributed by atoms with van der Waals surface area (Å²) in [6, 6.07) is 9.22. The Kier molecular flexibility index (Phi) is 6.50. The minimum absolute atomic E-state index is 0.0451. The lowest BCUT2D eigenvalue weighted by atomic mass is 10.1. The molecule has 0 bridgehead atoms. The van der Waals surface area contributed by atoms with E-state index in [0.29, 0.717) is 31.0 Å². The first-order valence-corrected chi connectivity index (χ1v) is 10.3. The lowest BCUT2D eigenvalue weighted by Crippen LogP contribution is -2.45. The Bertz CT molecular complexity index is 789. The largest absolute Gasteiger partial charge is 0.494 e. The fraction of sp³-hybridized carbons (Fsp3) is 0.429. The average Bonchev–Trinajstić information content (AvgIpc) is 3.36. The van der Waals surface area contributed by atoms with Gasteiger partial charge in [-0.15, -0.1) is 11.3 Å². The van der Waals surface area contributed by atoms with Crippen molar-refractivity contribution in [3.63, 3.8) is 0 Å². The Morgan fingerprint density at radius 3 is 2.89 bits per heavy atom. The molecule has 1 N–H and O–H groups in total. The number of amides is 2. The SMILES string of the molecule is CCCOc1ccc(CNC(=O)[C@@H]2CCCN2C(=O)c2cccs2)c(C)c1. The van der Waals surface area contributed by atoms with Gasteiger partial charge in [0.05, 0.1) is 11.5 Å². The molecule has 5 nitrogen and oxygen atoms in total. The first-order valence-electron chi connectivity index (χ1n) is 9.44. The molecule has 1 saturated heterocycles. The number of nitrogens with one attached hydrogen (secondary N) is 1. The van der Waals surface area contributed by atoms with E-state index in [0.717, 1.165) is 29.7 Å². The Hall–Kier alpha value is -2.34. The van der Waals surface area contributed by atoms with Crippen LogP contribution in [0.15, 0.2) is 35.7 Å². The summed E-state index contributed by atoms with van der Waals surface area (Å²) in [5, 5.41) is 4.89. The maximum atomic E-state index is 12.7. The van der Waals surface area contributed by atoms with Crippen LogP contribution in [-0.4, -0.2) is 35.9 Å². The molecule has 1 fully saturated rings. The van der Waals surface area contributed by atoms with Crippen LogP contribution in [0.5, 0.6) is 5.75 Å². The predicted molar refractivity (Wildman–Crippen MR) is 107 cm³/mol. The molecule has 0 aliphatic carbocycles. The molecule has 0 unspecified atom stereocenters. The first kappa shape index (κ1) is 19.4. The number of nitrogens with zero attached hydrogens (tertiary/aromatic N) is 1. The maximum Gasteiger partial charge on any atom is 0.264 e. The van der Waals surface area contributed by atoms with Gasteiger partial charge in [0.1, 0.15) is 11.8 Å². The molecule has 0 spiro atoms. The van der Waals surface area contributed by atoms with Crippen LogP contribution in [0, 0.1) is 6.92 Å². The molecule has 1 aliphatic rings. The van der Waals surface area contributed by atoms with E-state index in [1.807, 2.05) is 42.6 Å². The van der Waals surface area contributed by atoms with E-state index in [2.05, 4.69) is 12.2 Å². The second-order valence-corrected chi connectivity index (χ2v) is 7.74. The van der Waals surface area contributed by atoms with E-state index < -0.39 is 0 Å². The molecule has 2 amide bonds. The molecular weight excluding hydrogens is 360 g/mol. The van der Waals surface area contributed by atoms with Crippen LogP contribution in [0.3, 0.4) is 0 Å². The third kappa shape index (κ3) is 4.69. The van der Waals surface area contributed by atoms with E-state index in [-0.39, 0.29) is 17.9 Å². The van der Waals surface area contributed by atoms with Crippen LogP contribution in [0.2, 0.25) is 0 Å². The van der Waals surface area contributed by atoms with Crippen molar-refractivity contribution in [3.05, 3.63) is 51.7 Å². The molecule has 1 atom stereocenters. The number of rotatable bonds is 7. The summed E-state index contributed by atoms with van der Waals surface area (Å²) in [6.45, 7) is 5.88. The number of benzene rings is 1. The molecule has 1 aliphatic heterocycles. The van der Waals surface area contributed by atoms with Crippen molar-refractivity contribution < 1.29 is 14.3 Å². The van der Waals surface area contributed by atoms with Crippen LogP contribution in [0.4, 0.5) is 0 Å². The van der Waals surface area contributed by atoms with Gasteiger partial charge in [-0.25, -0.2) is 0 Å². The van der Waals surface area contributed by atoms with Gasteiger partial charge in [0, 0.05) is 13.1 Å². The quantitative estimate of drug-likeness (QED) is 0.788. The highest BCUT2D eigenvalue weighted by Crippen LogP contribution is 2.23. The Labute approximate surface area is 164 Å². The van der Waals surface area contributed by atoms with Crippen LogP contribution in [0.1, 0.15) is 47.0 Å². The number of thiophene rings is 1. The molecule has 0 radical (unpaired) electrons.